The highest BCUT2D eigenvalue weighted by molar-refractivity contribution is 4.85. The molecule has 0 aromatic carbocycles. The van der Waals surface area contributed by atoms with Crippen LogP contribution in [0, 0.1) is 5.92 Å². The fourth-order valence-corrected chi connectivity index (χ4v) is 1.71. The SMILES string of the molecule is CCC(C)/C=C/C[N+](CC)(CC)CC. The van der Waals surface area contributed by atoms with Gasteiger partial charge in [0.15, 0.2) is 0 Å². The van der Waals surface area contributed by atoms with Gasteiger partial charge in [-0.15, -0.1) is 0 Å². The standard InChI is InChI=1S/C13H28N/c1-6-13(5)11-10-12-14(7-2,8-3)9-4/h10-11,13H,6-9,12H2,1-5H3/q+1/b11-10+. The van der Waals surface area contributed by atoms with Crippen LogP contribution >= 0.6 is 0 Å². The maximum absolute atomic E-state index is 2.38. The van der Waals surface area contributed by atoms with Crippen molar-refractivity contribution in [2.45, 2.75) is 41.0 Å². The zero-order valence-electron chi connectivity index (χ0n) is 10.7. The van der Waals surface area contributed by atoms with Gasteiger partial charge >= 0.3 is 0 Å². The second-order valence-corrected chi connectivity index (χ2v) is 4.29. The maximum Gasteiger partial charge on any atom is 0.0973 e. The Morgan fingerprint density at radius 1 is 1.00 bits per heavy atom. The molecule has 0 N–H and O–H groups in total. The largest absolute Gasteiger partial charge is 0.321 e. The average molecular weight is 198 g/mol. The maximum atomic E-state index is 2.38. The molecular weight excluding hydrogens is 170 g/mol. The van der Waals surface area contributed by atoms with Gasteiger partial charge in [0, 0.05) is 0 Å². The molecule has 84 valence electrons. The number of nitrogens with zero attached hydrogens (tertiary/aromatic N) is 1. The molecule has 0 aromatic rings. The summed E-state index contributed by atoms with van der Waals surface area (Å²) in [5, 5.41) is 0. The zero-order valence-corrected chi connectivity index (χ0v) is 10.7. The lowest BCUT2D eigenvalue weighted by Gasteiger charge is -2.34. The lowest BCUT2D eigenvalue weighted by molar-refractivity contribution is -0.917. The summed E-state index contributed by atoms with van der Waals surface area (Å²) in [5.41, 5.74) is 0. The smallest absolute Gasteiger partial charge is 0.0973 e. The van der Waals surface area contributed by atoms with Gasteiger partial charge in [-0.1, -0.05) is 26.3 Å². The third-order valence-electron chi connectivity index (χ3n) is 3.61. The van der Waals surface area contributed by atoms with E-state index in [0.29, 0.717) is 0 Å². The molecule has 0 aromatic heterocycles. The number of hydrogen-bond donors (Lipinski definition) is 0. The molecule has 14 heavy (non-hydrogen) atoms. The summed E-state index contributed by atoms with van der Waals surface area (Å²) in [7, 11) is 0. The molecule has 0 aliphatic rings. The van der Waals surface area contributed by atoms with Gasteiger partial charge in [-0.3, -0.25) is 0 Å². The van der Waals surface area contributed by atoms with Crippen LogP contribution in [0.5, 0.6) is 0 Å². The second kappa shape index (κ2) is 7.05. The summed E-state index contributed by atoms with van der Waals surface area (Å²) >= 11 is 0. The lowest BCUT2D eigenvalue weighted by atomic mass is 10.1. The number of allylic oxidation sites excluding steroid dienone is 1. The van der Waals surface area contributed by atoms with Gasteiger partial charge in [-0.05, 0) is 32.8 Å². The van der Waals surface area contributed by atoms with Crippen LogP contribution in [0.1, 0.15) is 41.0 Å². The molecule has 0 fully saturated rings. The summed E-state index contributed by atoms with van der Waals surface area (Å²) in [6.45, 7) is 16.4. The highest BCUT2D eigenvalue weighted by atomic mass is 15.3. The Hall–Kier alpha value is -0.300. The van der Waals surface area contributed by atoms with E-state index in [1.54, 1.807) is 0 Å². The minimum Gasteiger partial charge on any atom is -0.321 e. The van der Waals surface area contributed by atoms with E-state index in [4.69, 9.17) is 0 Å². The van der Waals surface area contributed by atoms with Gasteiger partial charge in [0.25, 0.3) is 0 Å². The van der Waals surface area contributed by atoms with Crippen molar-refractivity contribution in [2.24, 2.45) is 5.92 Å². The van der Waals surface area contributed by atoms with Crippen LogP contribution in [-0.4, -0.2) is 30.7 Å². The van der Waals surface area contributed by atoms with Crippen molar-refractivity contribution in [3.63, 3.8) is 0 Å². The van der Waals surface area contributed by atoms with E-state index in [1.165, 1.54) is 37.1 Å². The Kier molecular flexibility index (Phi) is 6.90. The summed E-state index contributed by atoms with van der Waals surface area (Å²) in [4.78, 5) is 0. The van der Waals surface area contributed by atoms with Crippen molar-refractivity contribution in [3.8, 4) is 0 Å². The molecule has 0 spiro atoms. The Morgan fingerprint density at radius 3 is 1.86 bits per heavy atom. The van der Waals surface area contributed by atoms with Crippen LogP contribution in [0.25, 0.3) is 0 Å². The van der Waals surface area contributed by atoms with Crippen molar-refractivity contribution in [2.75, 3.05) is 26.2 Å². The van der Waals surface area contributed by atoms with E-state index in [0.717, 1.165) is 5.92 Å². The molecule has 0 aliphatic carbocycles. The average Bonchev–Trinajstić information content (AvgIpc) is 2.25. The Labute approximate surface area is 90.4 Å². The molecule has 0 rings (SSSR count). The molecule has 0 heterocycles. The van der Waals surface area contributed by atoms with E-state index in [-0.39, 0.29) is 0 Å². The monoisotopic (exact) mass is 198 g/mol. The molecule has 0 saturated carbocycles. The minimum atomic E-state index is 0.738. The summed E-state index contributed by atoms with van der Waals surface area (Å²) in [6.07, 6.45) is 6.00. The molecule has 0 radical (unpaired) electrons. The molecule has 0 saturated heterocycles. The van der Waals surface area contributed by atoms with Gasteiger partial charge in [0.2, 0.25) is 0 Å². The van der Waals surface area contributed by atoms with E-state index in [1.807, 2.05) is 0 Å². The second-order valence-electron chi connectivity index (χ2n) is 4.29. The van der Waals surface area contributed by atoms with Crippen LogP contribution in [0.15, 0.2) is 12.2 Å². The third kappa shape index (κ3) is 4.28. The van der Waals surface area contributed by atoms with Gasteiger partial charge in [-0.2, -0.15) is 0 Å². The van der Waals surface area contributed by atoms with Gasteiger partial charge < -0.3 is 4.48 Å². The van der Waals surface area contributed by atoms with Gasteiger partial charge in [0.05, 0.1) is 26.2 Å². The van der Waals surface area contributed by atoms with Crippen LogP contribution in [0.4, 0.5) is 0 Å². The predicted molar refractivity (Wildman–Crippen MR) is 65.3 cm³/mol. The fraction of sp³-hybridized carbons (Fsp3) is 0.846. The predicted octanol–water partition coefficient (Wildman–Crippen LogP) is 3.47. The molecule has 1 unspecified atom stereocenters. The Morgan fingerprint density at radius 2 is 1.50 bits per heavy atom. The summed E-state index contributed by atoms with van der Waals surface area (Å²) in [5.74, 6) is 0.738. The molecule has 0 amide bonds. The topological polar surface area (TPSA) is 0 Å². The van der Waals surface area contributed by atoms with E-state index in [2.05, 4.69) is 46.8 Å². The fourth-order valence-electron chi connectivity index (χ4n) is 1.71. The zero-order chi connectivity index (χ0) is 11.0. The Balaban J connectivity index is 4.11. The van der Waals surface area contributed by atoms with Crippen LogP contribution in [-0.2, 0) is 0 Å². The van der Waals surface area contributed by atoms with Crippen molar-refractivity contribution in [1.82, 2.24) is 0 Å². The van der Waals surface area contributed by atoms with Gasteiger partial charge in [0.1, 0.15) is 0 Å². The number of likely N-dealkylation sites (N-methyl/N-ethyl adjacent to an activating group) is 1. The lowest BCUT2D eigenvalue weighted by Crippen LogP contribution is -2.47. The summed E-state index contributed by atoms with van der Waals surface area (Å²) < 4.78 is 1.23. The highest BCUT2D eigenvalue weighted by Crippen LogP contribution is 2.08. The molecule has 0 aliphatic heterocycles. The van der Waals surface area contributed by atoms with Crippen molar-refractivity contribution >= 4 is 0 Å². The number of hydrogen-bond acceptors (Lipinski definition) is 0. The minimum absolute atomic E-state index is 0.738. The third-order valence-corrected chi connectivity index (χ3v) is 3.61. The van der Waals surface area contributed by atoms with Gasteiger partial charge in [-0.25, -0.2) is 0 Å². The summed E-state index contributed by atoms with van der Waals surface area (Å²) in [6, 6.07) is 0. The van der Waals surface area contributed by atoms with Crippen molar-refractivity contribution < 1.29 is 4.48 Å². The molecular formula is C13H28N+. The first-order valence-electron chi connectivity index (χ1n) is 6.15. The van der Waals surface area contributed by atoms with Crippen LogP contribution < -0.4 is 0 Å². The number of rotatable bonds is 7. The normalized spacial score (nSPS) is 14.9. The quantitative estimate of drug-likeness (QED) is 0.434. The van der Waals surface area contributed by atoms with Crippen molar-refractivity contribution in [3.05, 3.63) is 12.2 Å². The first kappa shape index (κ1) is 13.7. The van der Waals surface area contributed by atoms with Crippen LogP contribution in [0.2, 0.25) is 0 Å². The molecule has 1 nitrogen and oxygen atoms in total. The van der Waals surface area contributed by atoms with E-state index in [9.17, 15) is 0 Å². The van der Waals surface area contributed by atoms with E-state index < -0.39 is 0 Å². The highest BCUT2D eigenvalue weighted by Gasteiger charge is 2.17. The molecule has 1 heteroatoms. The number of quaternary nitrogens is 1. The van der Waals surface area contributed by atoms with Crippen LogP contribution in [0.3, 0.4) is 0 Å². The van der Waals surface area contributed by atoms with E-state index >= 15 is 0 Å². The van der Waals surface area contributed by atoms with Crippen molar-refractivity contribution in [1.29, 1.82) is 0 Å². The first-order valence-corrected chi connectivity index (χ1v) is 6.15. The first-order chi connectivity index (χ1) is 6.64. The Bertz CT molecular complexity index is 148. The molecule has 1 atom stereocenters. The molecule has 0 bridgehead atoms.